The fraction of sp³-hybridized carbons (Fsp3) is 0.474. The Balaban J connectivity index is 2.43. The Morgan fingerprint density at radius 3 is 2.59 bits per heavy atom. The number of carbonyl (C=O) groups is 2. The minimum absolute atomic E-state index is 0.128. The number of hydrogen-bond donors (Lipinski definition) is 1. The highest BCUT2D eigenvalue weighted by Crippen LogP contribution is 2.37. The first kappa shape index (κ1) is 20.6. The van der Waals surface area contributed by atoms with Crippen LogP contribution in [0.2, 0.25) is 0 Å². The van der Waals surface area contributed by atoms with E-state index in [0.717, 1.165) is 0 Å². The molecule has 0 radical (unpaired) electrons. The summed E-state index contributed by atoms with van der Waals surface area (Å²) in [5.74, 6) is 0.590. The summed E-state index contributed by atoms with van der Waals surface area (Å²) < 4.78 is 21.3. The molecule has 0 saturated heterocycles. The van der Waals surface area contributed by atoms with E-state index in [-0.39, 0.29) is 12.6 Å². The highest BCUT2D eigenvalue weighted by Gasteiger charge is 2.36. The second kappa shape index (κ2) is 9.27. The van der Waals surface area contributed by atoms with Crippen molar-refractivity contribution >= 4 is 12.0 Å². The first-order valence-corrected chi connectivity index (χ1v) is 8.66. The molecule has 0 unspecified atom stereocenters. The Morgan fingerprint density at radius 1 is 1.22 bits per heavy atom. The van der Waals surface area contributed by atoms with Gasteiger partial charge in [0.05, 0.1) is 32.4 Å². The van der Waals surface area contributed by atoms with E-state index in [2.05, 4.69) is 5.32 Å². The summed E-state index contributed by atoms with van der Waals surface area (Å²) in [5, 5.41) is 2.83. The lowest BCUT2D eigenvalue weighted by atomic mass is 9.94. The maximum absolute atomic E-state index is 12.8. The van der Waals surface area contributed by atoms with Crippen molar-refractivity contribution in [1.29, 1.82) is 0 Å². The predicted octanol–water partition coefficient (Wildman–Crippen LogP) is 2.25. The van der Waals surface area contributed by atoms with Crippen molar-refractivity contribution < 1.29 is 28.5 Å². The van der Waals surface area contributed by atoms with Crippen molar-refractivity contribution in [2.75, 3.05) is 41.1 Å². The van der Waals surface area contributed by atoms with Gasteiger partial charge in [0.25, 0.3) is 0 Å². The van der Waals surface area contributed by atoms with E-state index in [1.807, 2.05) is 6.92 Å². The van der Waals surface area contributed by atoms with E-state index >= 15 is 0 Å². The molecule has 1 aliphatic rings. The zero-order chi connectivity index (χ0) is 20.0. The van der Waals surface area contributed by atoms with Gasteiger partial charge in [-0.1, -0.05) is 0 Å². The van der Waals surface area contributed by atoms with E-state index in [9.17, 15) is 9.59 Å². The van der Waals surface area contributed by atoms with Crippen LogP contribution in [0.3, 0.4) is 0 Å². The number of esters is 1. The number of nitrogens with zero attached hydrogens (tertiary/aromatic N) is 1. The van der Waals surface area contributed by atoms with Gasteiger partial charge in [-0.05, 0) is 32.0 Å². The summed E-state index contributed by atoms with van der Waals surface area (Å²) in [6.45, 7) is 4.55. The third-order valence-electron chi connectivity index (χ3n) is 4.39. The number of allylic oxidation sites excluding steroid dienone is 1. The summed E-state index contributed by atoms with van der Waals surface area (Å²) in [6.07, 6.45) is 0. The topological polar surface area (TPSA) is 86.3 Å². The molecule has 1 aromatic rings. The van der Waals surface area contributed by atoms with Gasteiger partial charge in [-0.2, -0.15) is 0 Å². The van der Waals surface area contributed by atoms with E-state index in [1.165, 1.54) is 12.0 Å². The average molecular weight is 378 g/mol. The molecule has 0 saturated carbocycles. The van der Waals surface area contributed by atoms with Gasteiger partial charge in [0, 0.05) is 24.9 Å². The lowest BCUT2D eigenvalue weighted by Gasteiger charge is -2.33. The molecule has 0 bridgehead atoms. The molecule has 2 rings (SSSR count). The Labute approximate surface area is 159 Å². The number of rotatable bonds is 8. The molecule has 0 aliphatic carbocycles. The molecule has 27 heavy (non-hydrogen) atoms. The predicted molar refractivity (Wildman–Crippen MR) is 98.7 cm³/mol. The lowest BCUT2D eigenvalue weighted by Crippen LogP contribution is -2.46. The quantitative estimate of drug-likeness (QED) is 0.552. The number of benzene rings is 1. The zero-order valence-electron chi connectivity index (χ0n) is 16.3. The van der Waals surface area contributed by atoms with Gasteiger partial charge in [-0.3, -0.25) is 0 Å². The highest BCUT2D eigenvalue weighted by atomic mass is 16.6. The van der Waals surface area contributed by atoms with Gasteiger partial charge in [-0.15, -0.1) is 0 Å². The smallest absolute Gasteiger partial charge is 0.338 e. The number of carbonyl (C=O) groups excluding carboxylic acids is 2. The standard InChI is InChI=1S/C19H26N2O6/c1-6-26-9-10-27-18(22)16-12(2)21(3)19(23)20-17(16)14-11-13(24-4)7-8-15(14)25-5/h7-8,11,17H,6,9-10H2,1-5H3,(H,20,23)/t17-/m1/s1. The number of nitrogens with one attached hydrogen (secondary N) is 1. The summed E-state index contributed by atoms with van der Waals surface area (Å²) in [4.78, 5) is 26.5. The molecule has 8 nitrogen and oxygen atoms in total. The van der Waals surface area contributed by atoms with E-state index in [0.29, 0.717) is 41.5 Å². The van der Waals surface area contributed by atoms with Crippen molar-refractivity contribution in [3.8, 4) is 11.5 Å². The fourth-order valence-corrected chi connectivity index (χ4v) is 2.81. The zero-order valence-corrected chi connectivity index (χ0v) is 16.3. The second-order valence-electron chi connectivity index (χ2n) is 5.88. The molecule has 1 heterocycles. The summed E-state index contributed by atoms with van der Waals surface area (Å²) >= 11 is 0. The van der Waals surface area contributed by atoms with Gasteiger partial charge in [-0.25, -0.2) is 9.59 Å². The van der Waals surface area contributed by atoms with Crippen molar-refractivity contribution in [2.24, 2.45) is 0 Å². The van der Waals surface area contributed by atoms with Crippen molar-refractivity contribution in [3.63, 3.8) is 0 Å². The Hall–Kier alpha value is -2.74. The van der Waals surface area contributed by atoms with Crippen molar-refractivity contribution in [2.45, 2.75) is 19.9 Å². The number of hydrogen-bond acceptors (Lipinski definition) is 6. The maximum Gasteiger partial charge on any atom is 0.338 e. The van der Waals surface area contributed by atoms with Crippen LogP contribution >= 0.6 is 0 Å². The molecule has 1 N–H and O–H groups in total. The number of amides is 2. The molecule has 1 aromatic carbocycles. The summed E-state index contributed by atoms with van der Waals surface area (Å²) in [5.41, 5.74) is 1.45. The van der Waals surface area contributed by atoms with Crippen molar-refractivity contribution in [3.05, 3.63) is 35.0 Å². The summed E-state index contributed by atoms with van der Waals surface area (Å²) in [7, 11) is 4.67. The van der Waals surface area contributed by atoms with Crippen LogP contribution in [0, 0.1) is 0 Å². The molecule has 2 amide bonds. The number of urea groups is 1. The van der Waals surface area contributed by atoms with Crippen LogP contribution in [0.4, 0.5) is 4.79 Å². The number of ether oxygens (including phenoxy) is 4. The van der Waals surface area contributed by atoms with Gasteiger partial charge >= 0.3 is 12.0 Å². The molecule has 0 spiro atoms. The van der Waals surface area contributed by atoms with E-state index in [1.54, 1.807) is 39.3 Å². The minimum atomic E-state index is -0.724. The minimum Gasteiger partial charge on any atom is -0.497 e. The molecule has 0 aromatic heterocycles. The molecule has 0 fully saturated rings. The first-order chi connectivity index (χ1) is 12.9. The average Bonchev–Trinajstić information content (AvgIpc) is 2.68. The first-order valence-electron chi connectivity index (χ1n) is 8.66. The number of methoxy groups -OCH3 is 2. The molecular weight excluding hydrogens is 352 g/mol. The normalized spacial score (nSPS) is 16.9. The van der Waals surface area contributed by atoms with E-state index in [4.69, 9.17) is 18.9 Å². The lowest BCUT2D eigenvalue weighted by molar-refractivity contribution is -0.141. The van der Waals surface area contributed by atoms with Crippen LogP contribution in [0.15, 0.2) is 29.5 Å². The molecule has 1 aliphatic heterocycles. The van der Waals surface area contributed by atoms with Gasteiger partial charge in [0.2, 0.25) is 0 Å². The Kier molecular flexibility index (Phi) is 7.06. The molecule has 8 heteroatoms. The van der Waals surface area contributed by atoms with Crippen LogP contribution in [-0.4, -0.2) is 58.0 Å². The SMILES string of the molecule is CCOCCOC(=O)C1=C(C)N(C)C(=O)N[C@@H]1c1cc(OC)ccc1OC. The van der Waals surface area contributed by atoms with Crippen LogP contribution in [0.5, 0.6) is 11.5 Å². The molecule has 148 valence electrons. The van der Waals surface area contributed by atoms with Crippen LogP contribution in [0.25, 0.3) is 0 Å². The highest BCUT2D eigenvalue weighted by molar-refractivity contribution is 5.95. The van der Waals surface area contributed by atoms with E-state index < -0.39 is 12.0 Å². The van der Waals surface area contributed by atoms with Gasteiger partial charge in [0.1, 0.15) is 18.1 Å². The third-order valence-corrected chi connectivity index (χ3v) is 4.39. The third kappa shape index (κ3) is 4.51. The Bertz CT molecular complexity index is 731. The molecule has 1 atom stereocenters. The van der Waals surface area contributed by atoms with Crippen LogP contribution < -0.4 is 14.8 Å². The Morgan fingerprint density at radius 2 is 1.96 bits per heavy atom. The van der Waals surface area contributed by atoms with Crippen LogP contribution in [-0.2, 0) is 14.3 Å². The van der Waals surface area contributed by atoms with Crippen LogP contribution in [0.1, 0.15) is 25.5 Å². The summed E-state index contributed by atoms with van der Waals surface area (Å²) in [6, 6.07) is 4.16. The second-order valence-corrected chi connectivity index (χ2v) is 5.88. The largest absolute Gasteiger partial charge is 0.497 e. The van der Waals surface area contributed by atoms with Gasteiger partial charge in [0.15, 0.2) is 0 Å². The molecular formula is C19H26N2O6. The van der Waals surface area contributed by atoms with Crippen molar-refractivity contribution in [1.82, 2.24) is 10.2 Å². The monoisotopic (exact) mass is 378 g/mol. The maximum atomic E-state index is 12.8. The fourth-order valence-electron chi connectivity index (χ4n) is 2.81. The van der Waals surface area contributed by atoms with Gasteiger partial charge < -0.3 is 29.2 Å².